The maximum absolute atomic E-state index is 12.7. The first-order chi connectivity index (χ1) is 9.97. The molecule has 2 aromatic heterocycles. The van der Waals surface area contributed by atoms with Gasteiger partial charge in [0, 0.05) is 6.42 Å². The standard InChI is InChI=1S/C12H9F3N4OS/c1-20-8-4-2-7(3-5-8)6-9-18-19-10(12(13,14)15)16-17-11(19)21-9/h2-5H,6H2,1H3. The second-order valence-electron chi connectivity index (χ2n) is 4.24. The Morgan fingerprint density at radius 2 is 1.90 bits per heavy atom. The molecule has 0 aliphatic carbocycles. The number of rotatable bonds is 3. The minimum absolute atomic E-state index is 0.130. The van der Waals surface area contributed by atoms with Crippen molar-refractivity contribution >= 4 is 16.3 Å². The lowest BCUT2D eigenvalue weighted by atomic mass is 10.1. The van der Waals surface area contributed by atoms with Crippen LogP contribution in [0.25, 0.3) is 4.96 Å². The van der Waals surface area contributed by atoms with Crippen LogP contribution in [0, 0.1) is 0 Å². The average Bonchev–Trinajstić information content (AvgIpc) is 2.98. The predicted octanol–water partition coefficient (Wildman–Crippen LogP) is 2.80. The summed E-state index contributed by atoms with van der Waals surface area (Å²) < 4.78 is 43.9. The van der Waals surface area contributed by atoms with Crippen molar-refractivity contribution in [2.75, 3.05) is 7.11 Å². The fourth-order valence-corrected chi connectivity index (χ4v) is 2.69. The van der Waals surface area contributed by atoms with Crippen LogP contribution in [0.4, 0.5) is 13.2 Å². The third-order valence-electron chi connectivity index (χ3n) is 2.80. The van der Waals surface area contributed by atoms with Gasteiger partial charge in [0.15, 0.2) is 0 Å². The number of methoxy groups -OCH3 is 1. The van der Waals surface area contributed by atoms with Crippen molar-refractivity contribution in [3.63, 3.8) is 0 Å². The number of aromatic nitrogens is 4. The van der Waals surface area contributed by atoms with Crippen molar-refractivity contribution < 1.29 is 17.9 Å². The van der Waals surface area contributed by atoms with E-state index < -0.39 is 12.0 Å². The molecule has 0 amide bonds. The first kappa shape index (κ1) is 13.8. The van der Waals surface area contributed by atoms with E-state index in [0.29, 0.717) is 11.4 Å². The number of fused-ring (bicyclic) bond motifs is 1. The largest absolute Gasteiger partial charge is 0.497 e. The monoisotopic (exact) mass is 314 g/mol. The van der Waals surface area contributed by atoms with Crippen LogP contribution < -0.4 is 4.74 Å². The number of hydrogen-bond acceptors (Lipinski definition) is 5. The number of hydrogen-bond donors (Lipinski definition) is 0. The van der Waals surface area contributed by atoms with Crippen molar-refractivity contribution in [1.29, 1.82) is 0 Å². The van der Waals surface area contributed by atoms with Gasteiger partial charge >= 0.3 is 6.18 Å². The van der Waals surface area contributed by atoms with E-state index in [1.165, 1.54) is 0 Å². The Kier molecular flexibility index (Phi) is 3.28. The molecule has 3 rings (SSSR count). The molecular formula is C12H9F3N4OS. The highest BCUT2D eigenvalue weighted by Gasteiger charge is 2.38. The zero-order chi connectivity index (χ0) is 15.0. The molecule has 0 unspecified atom stereocenters. The smallest absolute Gasteiger partial charge is 0.453 e. The van der Waals surface area contributed by atoms with Gasteiger partial charge in [-0.1, -0.05) is 23.5 Å². The van der Waals surface area contributed by atoms with Crippen LogP contribution in [-0.2, 0) is 12.6 Å². The molecule has 110 valence electrons. The molecule has 2 heterocycles. The Balaban J connectivity index is 1.89. The van der Waals surface area contributed by atoms with Crippen LogP contribution in [0.3, 0.4) is 0 Å². The molecule has 0 radical (unpaired) electrons. The Morgan fingerprint density at radius 3 is 2.52 bits per heavy atom. The third kappa shape index (κ3) is 2.68. The summed E-state index contributed by atoms with van der Waals surface area (Å²) >= 11 is 1.09. The lowest BCUT2D eigenvalue weighted by Gasteiger charge is -2.01. The van der Waals surface area contributed by atoms with Gasteiger partial charge in [-0.2, -0.15) is 22.8 Å². The van der Waals surface area contributed by atoms with Gasteiger partial charge in [0.05, 0.1) is 7.11 Å². The van der Waals surface area contributed by atoms with E-state index in [2.05, 4.69) is 15.3 Å². The van der Waals surface area contributed by atoms with E-state index >= 15 is 0 Å². The zero-order valence-electron chi connectivity index (χ0n) is 10.8. The highest BCUT2D eigenvalue weighted by molar-refractivity contribution is 7.16. The van der Waals surface area contributed by atoms with E-state index in [4.69, 9.17) is 4.74 Å². The van der Waals surface area contributed by atoms with Crippen LogP contribution in [-0.4, -0.2) is 26.9 Å². The van der Waals surface area contributed by atoms with E-state index in [0.717, 1.165) is 27.2 Å². The van der Waals surface area contributed by atoms with Crippen LogP contribution in [0.15, 0.2) is 24.3 Å². The summed E-state index contributed by atoms with van der Waals surface area (Å²) in [6.45, 7) is 0. The molecule has 9 heteroatoms. The fourth-order valence-electron chi connectivity index (χ4n) is 1.82. The Bertz CT molecular complexity index is 763. The topological polar surface area (TPSA) is 52.3 Å². The molecular weight excluding hydrogens is 305 g/mol. The second kappa shape index (κ2) is 4.99. The van der Waals surface area contributed by atoms with Crippen molar-refractivity contribution in [1.82, 2.24) is 19.8 Å². The lowest BCUT2D eigenvalue weighted by molar-refractivity contribution is -0.146. The summed E-state index contributed by atoms with van der Waals surface area (Å²) in [6, 6.07) is 7.26. The van der Waals surface area contributed by atoms with Gasteiger partial charge in [-0.3, -0.25) is 0 Å². The van der Waals surface area contributed by atoms with Gasteiger partial charge in [0.2, 0.25) is 4.96 Å². The van der Waals surface area contributed by atoms with Crippen LogP contribution in [0.2, 0.25) is 0 Å². The molecule has 0 spiro atoms. The van der Waals surface area contributed by atoms with Crippen LogP contribution in [0.5, 0.6) is 5.75 Å². The number of ether oxygens (including phenoxy) is 1. The second-order valence-corrected chi connectivity index (χ2v) is 5.28. The van der Waals surface area contributed by atoms with E-state index in [1.807, 2.05) is 12.1 Å². The molecule has 0 atom stereocenters. The van der Waals surface area contributed by atoms with E-state index in [9.17, 15) is 13.2 Å². The van der Waals surface area contributed by atoms with Gasteiger partial charge in [-0.05, 0) is 17.7 Å². The molecule has 0 aliphatic heterocycles. The van der Waals surface area contributed by atoms with Gasteiger partial charge in [-0.15, -0.1) is 10.2 Å². The van der Waals surface area contributed by atoms with E-state index in [-0.39, 0.29) is 4.96 Å². The summed E-state index contributed by atoms with van der Waals surface area (Å²) in [5, 5.41) is 11.1. The molecule has 0 N–H and O–H groups in total. The average molecular weight is 314 g/mol. The molecule has 0 fully saturated rings. The highest BCUT2D eigenvalue weighted by atomic mass is 32.1. The zero-order valence-corrected chi connectivity index (χ0v) is 11.6. The molecule has 0 saturated carbocycles. The molecule has 3 aromatic rings. The summed E-state index contributed by atoms with van der Waals surface area (Å²) in [5.74, 6) is -0.383. The molecule has 1 aromatic carbocycles. The Labute approximate surface area is 121 Å². The van der Waals surface area contributed by atoms with E-state index in [1.54, 1.807) is 19.2 Å². The summed E-state index contributed by atoms with van der Waals surface area (Å²) in [6.07, 6.45) is -4.14. The third-order valence-corrected chi connectivity index (χ3v) is 3.70. The van der Waals surface area contributed by atoms with Crippen LogP contribution in [0.1, 0.15) is 16.4 Å². The van der Waals surface area contributed by atoms with Crippen molar-refractivity contribution in [2.24, 2.45) is 0 Å². The lowest BCUT2D eigenvalue weighted by Crippen LogP contribution is -2.11. The first-order valence-electron chi connectivity index (χ1n) is 5.88. The van der Waals surface area contributed by atoms with Crippen LogP contribution >= 0.6 is 11.3 Å². The SMILES string of the molecule is COc1ccc(Cc2nn3c(C(F)(F)F)nnc3s2)cc1. The first-order valence-corrected chi connectivity index (χ1v) is 6.70. The summed E-state index contributed by atoms with van der Waals surface area (Å²) in [7, 11) is 1.57. The molecule has 0 aliphatic rings. The normalized spacial score (nSPS) is 12.0. The summed E-state index contributed by atoms with van der Waals surface area (Å²) in [4.78, 5) is 0.130. The van der Waals surface area contributed by atoms with Gasteiger partial charge in [0.1, 0.15) is 10.8 Å². The quantitative estimate of drug-likeness (QED) is 0.746. The number of halogens is 3. The van der Waals surface area contributed by atoms with Gasteiger partial charge in [0.25, 0.3) is 5.82 Å². The van der Waals surface area contributed by atoms with Crippen molar-refractivity contribution in [2.45, 2.75) is 12.6 Å². The maximum atomic E-state index is 12.7. The highest BCUT2D eigenvalue weighted by Crippen LogP contribution is 2.29. The molecule has 0 saturated heterocycles. The minimum Gasteiger partial charge on any atom is -0.497 e. The van der Waals surface area contributed by atoms with Gasteiger partial charge < -0.3 is 4.74 Å². The number of nitrogens with zero attached hydrogens (tertiary/aromatic N) is 4. The predicted molar refractivity (Wildman–Crippen MR) is 69.5 cm³/mol. The molecule has 21 heavy (non-hydrogen) atoms. The van der Waals surface area contributed by atoms with Crippen molar-refractivity contribution in [3.8, 4) is 5.75 Å². The fraction of sp³-hybridized carbons (Fsp3) is 0.250. The van der Waals surface area contributed by atoms with Crippen molar-refractivity contribution in [3.05, 3.63) is 40.7 Å². The minimum atomic E-state index is -4.56. The van der Waals surface area contributed by atoms with Gasteiger partial charge in [-0.25, -0.2) is 0 Å². The summed E-state index contributed by atoms with van der Waals surface area (Å²) in [5.41, 5.74) is 0.925. The maximum Gasteiger partial charge on any atom is 0.453 e. The molecule has 5 nitrogen and oxygen atoms in total. The molecule has 0 bridgehead atoms. The number of alkyl halides is 3. The Hall–Kier alpha value is -2.16. The Morgan fingerprint density at radius 1 is 1.19 bits per heavy atom. The number of benzene rings is 1.